The molecule has 0 unspecified atom stereocenters. The van der Waals surface area contributed by atoms with Gasteiger partial charge in [0.25, 0.3) is 5.91 Å². The lowest BCUT2D eigenvalue weighted by molar-refractivity contribution is -0.385. The Morgan fingerprint density at radius 3 is 2.90 bits per heavy atom. The molecule has 0 aliphatic carbocycles. The highest BCUT2D eigenvalue weighted by Gasteiger charge is 2.24. The molecule has 1 fully saturated rings. The first kappa shape index (κ1) is 14.4. The van der Waals surface area contributed by atoms with Gasteiger partial charge in [0.15, 0.2) is 0 Å². The highest BCUT2D eigenvalue weighted by Crippen LogP contribution is 2.15. The van der Waals surface area contributed by atoms with Gasteiger partial charge in [-0.3, -0.25) is 24.5 Å². The van der Waals surface area contributed by atoms with E-state index in [-0.39, 0.29) is 11.4 Å². The van der Waals surface area contributed by atoms with Crippen LogP contribution in [0.25, 0.3) is 0 Å². The maximum atomic E-state index is 11.9. The molecular formula is C11H17N5O4. The maximum absolute atomic E-state index is 11.9. The van der Waals surface area contributed by atoms with Gasteiger partial charge in [-0.05, 0) is 0 Å². The van der Waals surface area contributed by atoms with Crippen LogP contribution in [0, 0.1) is 10.1 Å². The fraction of sp³-hybridized carbons (Fsp3) is 0.636. The van der Waals surface area contributed by atoms with E-state index in [0.717, 1.165) is 13.1 Å². The van der Waals surface area contributed by atoms with Crippen molar-refractivity contribution in [3.8, 4) is 0 Å². The number of ether oxygens (including phenoxy) is 1. The second kappa shape index (κ2) is 6.44. The fourth-order valence-electron chi connectivity index (χ4n) is 2.01. The van der Waals surface area contributed by atoms with Gasteiger partial charge in [0, 0.05) is 33.2 Å². The zero-order chi connectivity index (χ0) is 14.5. The van der Waals surface area contributed by atoms with Gasteiger partial charge in [0.05, 0.1) is 18.1 Å². The summed E-state index contributed by atoms with van der Waals surface area (Å²) in [4.78, 5) is 24.3. The average Bonchev–Trinajstić information content (AvgIpc) is 2.82. The third-order valence-corrected chi connectivity index (χ3v) is 3.04. The van der Waals surface area contributed by atoms with Gasteiger partial charge >= 0.3 is 5.69 Å². The Kier molecular flexibility index (Phi) is 4.64. The molecule has 1 aliphatic rings. The molecule has 9 nitrogen and oxygen atoms in total. The van der Waals surface area contributed by atoms with Gasteiger partial charge in [0.2, 0.25) is 5.69 Å². The highest BCUT2D eigenvalue weighted by atomic mass is 16.6. The summed E-state index contributed by atoms with van der Waals surface area (Å²) >= 11 is 0. The number of nitro groups is 1. The van der Waals surface area contributed by atoms with Crippen molar-refractivity contribution in [2.75, 3.05) is 39.4 Å². The predicted octanol–water partition coefficient (Wildman–Crippen LogP) is -0.610. The number of hydrogen-bond donors (Lipinski definition) is 1. The number of aryl methyl sites for hydroxylation is 1. The van der Waals surface area contributed by atoms with Crippen molar-refractivity contribution in [3.05, 3.63) is 22.0 Å². The van der Waals surface area contributed by atoms with Gasteiger partial charge in [0.1, 0.15) is 6.20 Å². The SMILES string of the molecule is Cn1cc([N+](=O)[O-])c(C(=O)NCCN2CCOCC2)n1. The van der Waals surface area contributed by atoms with Gasteiger partial charge in [-0.15, -0.1) is 0 Å². The topological polar surface area (TPSA) is 103 Å². The number of nitrogens with zero attached hydrogens (tertiary/aromatic N) is 4. The van der Waals surface area contributed by atoms with E-state index in [9.17, 15) is 14.9 Å². The summed E-state index contributed by atoms with van der Waals surface area (Å²) in [6.45, 7) is 4.17. The summed E-state index contributed by atoms with van der Waals surface area (Å²) in [5, 5.41) is 17.3. The lowest BCUT2D eigenvalue weighted by Gasteiger charge is -2.26. The van der Waals surface area contributed by atoms with E-state index in [1.54, 1.807) is 0 Å². The molecule has 0 radical (unpaired) electrons. The summed E-state index contributed by atoms with van der Waals surface area (Å²) in [5.74, 6) is -0.523. The minimum absolute atomic E-state index is 0.153. The minimum atomic E-state index is -0.607. The molecule has 1 aromatic rings. The molecule has 1 aliphatic heterocycles. The predicted molar refractivity (Wildman–Crippen MR) is 69.5 cm³/mol. The molecule has 0 bridgehead atoms. The Balaban J connectivity index is 1.86. The number of rotatable bonds is 5. The average molecular weight is 283 g/mol. The molecule has 0 aromatic carbocycles. The monoisotopic (exact) mass is 283 g/mol. The van der Waals surface area contributed by atoms with Crippen LogP contribution in [-0.2, 0) is 11.8 Å². The highest BCUT2D eigenvalue weighted by molar-refractivity contribution is 5.96. The zero-order valence-corrected chi connectivity index (χ0v) is 11.2. The maximum Gasteiger partial charge on any atom is 0.320 e. The second-order valence-corrected chi connectivity index (χ2v) is 4.50. The third kappa shape index (κ3) is 3.52. The van der Waals surface area contributed by atoms with Crippen LogP contribution in [0.15, 0.2) is 6.20 Å². The molecule has 1 amide bonds. The molecule has 1 aromatic heterocycles. The normalized spacial score (nSPS) is 16.1. The second-order valence-electron chi connectivity index (χ2n) is 4.50. The van der Waals surface area contributed by atoms with Crippen molar-refractivity contribution < 1.29 is 14.5 Å². The van der Waals surface area contributed by atoms with Crippen molar-refractivity contribution in [3.63, 3.8) is 0 Å². The number of carbonyl (C=O) groups excluding carboxylic acids is 1. The zero-order valence-electron chi connectivity index (χ0n) is 11.2. The smallest absolute Gasteiger partial charge is 0.320 e. The van der Waals surface area contributed by atoms with Crippen LogP contribution < -0.4 is 5.32 Å². The van der Waals surface area contributed by atoms with Crippen LogP contribution in [0.5, 0.6) is 0 Å². The lowest BCUT2D eigenvalue weighted by atomic mass is 10.3. The van der Waals surface area contributed by atoms with E-state index in [1.165, 1.54) is 17.9 Å². The number of amides is 1. The molecule has 2 rings (SSSR count). The third-order valence-electron chi connectivity index (χ3n) is 3.04. The number of carbonyl (C=O) groups is 1. The quantitative estimate of drug-likeness (QED) is 0.571. The van der Waals surface area contributed by atoms with Crippen molar-refractivity contribution in [2.24, 2.45) is 7.05 Å². The molecular weight excluding hydrogens is 266 g/mol. The van der Waals surface area contributed by atoms with Crippen molar-refractivity contribution in [1.82, 2.24) is 20.0 Å². The Labute approximate surface area is 115 Å². The van der Waals surface area contributed by atoms with E-state index in [1.807, 2.05) is 0 Å². The Morgan fingerprint density at radius 1 is 1.55 bits per heavy atom. The number of hydrogen-bond acceptors (Lipinski definition) is 6. The molecule has 2 heterocycles. The summed E-state index contributed by atoms with van der Waals surface area (Å²) in [6, 6.07) is 0. The van der Waals surface area contributed by atoms with Gasteiger partial charge in [-0.1, -0.05) is 0 Å². The molecule has 0 spiro atoms. The number of aromatic nitrogens is 2. The van der Waals surface area contributed by atoms with Crippen molar-refractivity contribution in [2.45, 2.75) is 0 Å². The van der Waals surface area contributed by atoms with E-state index >= 15 is 0 Å². The molecule has 9 heteroatoms. The number of morpholine rings is 1. The van der Waals surface area contributed by atoms with Crippen LogP contribution in [0.4, 0.5) is 5.69 Å². The van der Waals surface area contributed by atoms with Crippen LogP contribution >= 0.6 is 0 Å². The first-order valence-corrected chi connectivity index (χ1v) is 6.34. The van der Waals surface area contributed by atoms with Gasteiger partial charge in [-0.25, -0.2) is 0 Å². The Morgan fingerprint density at radius 2 is 2.25 bits per heavy atom. The van der Waals surface area contributed by atoms with Gasteiger partial charge < -0.3 is 10.1 Å². The summed E-state index contributed by atoms with van der Waals surface area (Å²) < 4.78 is 6.48. The van der Waals surface area contributed by atoms with E-state index in [4.69, 9.17) is 4.74 Å². The molecule has 0 atom stereocenters. The Bertz CT molecular complexity index is 495. The number of nitrogens with one attached hydrogen (secondary N) is 1. The standard InChI is InChI=1S/C11H17N5O4/c1-14-8-9(16(18)19)10(13-14)11(17)12-2-3-15-4-6-20-7-5-15/h8H,2-7H2,1H3,(H,12,17). The lowest BCUT2D eigenvalue weighted by Crippen LogP contribution is -2.41. The van der Waals surface area contributed by atoms with Crippen LogP contribution in [-0.4, -0.2) is 64.9 Å². The summed E-state index contributed by atoms with van der Waals surface area (Å²) in [6.07, 6.45) is 1.22. The first-order chi connectivity index (χ1) is 9.58. The molecule has 20 heavy (non-hydrogen) atoms. The van der Waals surface area contributed by atoms with Crippen molar-refractivity contribution >= 4 is 11.6 Å². The van der Waals surface area contributed by atoms with Gasteiger partial charge in [-0.2, -0.15) is 5.10 Å². The fourth-order valence-corrected chi connectivity index (χ4v) is 2.01. The summed E-state index contributed by atoms with van der Waals surface area (Å²) in [7, 11) is 1.54. The van der Waals surface area contributed by atoms with Crippen LogP contribution in [0.2, 0.25) is 0 Å². The van der Waals surface area contributed by atoms with E-state index in [0.29, 0.717) is 26.3 Å². The van der Waals surface area contributed by atoms with Crippen LogP contribution in [0.1, 0.15) is 10.5 Å². The van der Waals surface area contributed by atoms with E-state index < -0.39 is 10.8 Å². The van der Waals surface area contributed by atoms with Crippen LogP contribution in [0.3, 0.4) is 0 Å². The minimum Gasteiger partial charge on any atom is -0.379 e. The largest absolute Gasteiger partial charge is 0.379 e. The molecule has 1 saturated heterocycles. The molecule has 110 valence electrons. The summed E-state index contributed by atoms with van der Waals surface area (Å²) in [5.41, 5.74) is -0.434. The molecule has 0 saturated carbocycles. The Hall–Kier alpha value is -2.00. The molecule has 1 N–H and O–H groups in total. The van der Waals surface area contributed by atoms with Crippen molar-refractivity contribution in [1.29, 1.82) is 0 Å². The first-order valence-electron chi connectivity index (χ1n) is 6.34. The van der Waals surface area contributed by atoms with E-state index in [2.05, 4.69) is 15.3 Å².